The number of nitrogens with zero attached hydrogens (tertiary/aromatic N) is 5. The van der Waals surface area contributed by atoms with Crippen molar-refractivity contribution in [3.63, 3.8) is 0 Å². The van der Waals surface area contributed by atoms with Gasteiger partial charge < -0.3 is 15.0 Å². The van der Waals surface area contributed by atoms with Gasteiger partial charge in [-0.05, 0) is 37.8 Å². The molecular weight excluding hydrogens is 440 g/mol. The normalized spacial score (nSPS) is 22.1. The number of alkyl halides is 2. The van der Waals surface area contributed by atoms with E-state index in [4.69, 9.17) is 4.74 Å². The third-order valence-electron chi connectivity index (χ3n) is 7.14. The van der Waals surface area contributed by atoms with E-state index in [-0.39, 0.29) is 5.69 Å². The largest absolute Gasteiger partial charge is 0.379 e. The standard InChI is InChI=1S/C24H27F2N7O/c25-22(26)19-12-27-20-6-1-15(13-33(19)20)18-11-28-23-21(18)24(30-14-29-23)31-16-2-4-17(5-3-16)32-7-9-34-10-8-32/h1,6,11-14,16-17,22H,2-5,7-10H2,(H2,28,29,30,31). The van der Waals surface area contributed by atoms with Gasteiger partial charge in [-0.25, -0.2) is 23.7 Å². The van der Waals surface area contributed by atoms with Gasteiger partial charge in [0.2, 0.25) is 0 Å². The van der Waals surface area contributed by atoms with E-state index in [9.17, 15) is 8.78 Å². The number of H-pyrrole nitrogens is 1. The number of ether oxygens (including phenoxy) is 1. The maximum atomic E-state index is 13.4. The van der Waals surface area contributed by atoms with Gasteiger partial charge in [-0.1, -0.05) is 0 Å². The van der Waals surface area contributed by atoms with Crippen LogP contribution in [0.2, 0.25) is 0 Å². The molecule has 178 valence electrons. The molecule has 1 aliphatic carbocycles. The summed E-state index contributed by atoms with van der Waals surface area (Å²) in [5.41, 5.74) is 2.76. The topological polar surface area (TPSA) is 83.4 Å². The smallest absolute Gasteiger partial charge is 0.280 e. The van der Waals surface area contributed by atoms with Crippen LogP contribution in [0.5, 0.6) is 0 Å². The van der Waals surface area contributed by atoms with E-state index in [1.165, 1.54) is 10.6 Å². The molecule has 10 heteroatoms. The lowest BCUT2D eigenvalue weighted by Gasteiger charge is -2.39. The molecule has 5 heterocycles. The molecule has 4 aromatic rings. The molecule has 34 heavy (non-hydrogen) atoms. The molecule has 4 aromatic heterocycles. The van der Waals surface area contributed by atoms with E-state index in [0.717, 1.165) is 74.3 Å². The summed E-state index contributed by atoms with van der Waals surface area (Å²) in [6, 6.07) is 4.61. The zero-order chi connectivity index (χ0) is 23.1. The highest BCUT2D eigenvalue weighted by atomic mass is 19.3. The Labute approximate surface area is 195 Å². The van der Waals surface area contributed by atoms with E-state index in [0.29, 0.717) is 23.4 Å². The lowest BCUT2D eigenvalue weighted by atomic mass is 9.90. The van der Waals surface area contributed by atoms with Gasteiger partial charge in [-0.15, -0.1) is 0 Å². The maximum Gasteiger partial charge on any atom is 0.280 e. The zero-order valence-corrected chi connectivity index (χ0v) is 18.8. The van der Waals surface area contributed by atoms with Crippen LogP contribution < -0.4 is 5.32 Å². The average molecular weight is 468 g/mol. The van der Waals surface area contributed by atoms with Gasteiger partial charge in [0.1, 0.15) is 29.1 Å². The van der Waals surface area contributed by atoms with Crippen LogP contribution in [-0.4, -0.2) is 67.6 Å². The van der Waals surface area contributed by atoms with Crippen molar-refractivity contribution in [1.82, 2.24) is 29.2 Å². The number of nitrogens with one attached hydrogen (secondary N) is 2. The lowest BCUT2D eigenvalue weighted by Crippen LogP contribution is -2.46. The summed E-state index contributed by atoms with van der Waals surface area (Å²) in [6.07, 6.45) is 8.20. The predicted molar refractivity (Wildman–Crippen MR) is 125 cm³/mol. The molecule has 1 saturated carbocycles. The molecule has 0 radical (unpaired) electrons. The minimum Gasteiger partial charge on any atom is -0.379 e. The number of hydrogen-bond donors (Lipinski definition) is 2. The van der Waals surface area contributed by atoms with Crippen molar-refractivity contribution in [2.24, 2.45) is 0 Å². The van der Waals surface area contributed by atoms with Gasteiger partial charge in [0.25, 0.3) is 6.43 Å². The third-order valence-corrected chi connectivity index (χ3v) is 7.14. The molecule has 8 nitrogen and oxygen atoms in total. The van der Waals surface area contributed by atoms with Crippen LogP contribution in [0.3, 0.4) is 0 Å². The van der Waals surface area contributed by atoms with E-state index < -0.39 is 6.43 Å². The van der Waals surface area contributed by atoms with Crippen LogP contribution in [0.1, 0.15) is 37.8 Å². The number of aromatic amines is 1. The van der Waals surface area contributed by atoms with Gasteiger partial charge in [0.15, 0.2) is 0 Å². The maximum absolute atomic E-state index is 13.4. The van der Waals surface area contributed by atoms with Crippen molar-refractivity contribution in [1.29, 1.82) is 0 Å². The third kappa shape index (κ3) is 3.90. The quantitative estimate of drug-likeness (QED) is 0.456. The number of morpholine rings is 1. The first kappa shape index (κ1) is 21.4. The Bertz CT molecular complexity index is 1290. The number of rotatable bonds is 5. The highest BCUT2D eigenvalue weighted by Gasteiger charge is 2.27. The minimum atomic E-state index is -2.60. The number of fused-ring (bicyclic) bond motifs is 2. The molecule has 6 rings (SSSR count). The van der Waals surface area contributed by atoms with Crippen LogP contribution in [0.25, 0.3) is 27.8 Å². The molecule has 1 saturated heterocycles. The first-order valence-electron chi connectivity index (χ1n) is 11.8. The van der Waals surface area contributed by atoms with Crippen LogP contribution in [0.4, 0.5) is 14.6 Å². The van der Waals surface area contributed by atoms with Crippen molar-refractivity contribution >= 4 is 22.5 Å². The van der Waals surface area contributed by atoms with Crippen molar-refractivity contribution < 1.29 is 13.5 Å². The van der Waals surface area contributed by atoms with Crippen LogP contribution in [-0.2, 0) is 4.74 Å². The van der Waals surface area contributed by atoms with E-state index in [1.54, 1.807) is 18.6 Å². The molecule has 0 aromatic carbocycles. The second-order valence-corrected chi connectivity index (χ2v) is 9.08. The molecule has 0 atom stereocenters. The highest BCUT2D eigenvalue weighted by Crippen LogP contribution is 2.34. The van der Waals surface area contributed by atoms with Crippen LogP contribution >= 0.6 is 0 Å². The number of hydrogen-bond acceptors (Lipinski definition) is 6. The van der Waals surface area contributed by atoms with Gasteiger partial charge in [-0.3, -0.25) is 9.30 Å². The molecular formula is C24H27F2N7O. The Hall–Kier alpha value is -3.11. The number of anilines is 1. The molecule has 2 aliphatic rings. The van der Waals surface area contributed by atoms with Gasteiger partial charge in [0, 0.05) is 48.7 Å². The molecule has 0 unspecified atom stereocenters. The second-order valence-electron chi connectivity index (χ2n) is 9.08. The van der Waals surface area contributed by atoms with Crippen molar-refractivity contribution in [2.75, 3.05) is 31.6 Å². The first-order chi connectivity index (χ1) is 16.7. The minimum absolute atomic E-state index is 0.122. The fourth-order valence-electron chi connectivity index (χ4n) is 5.34. The van der Waals surface area contributed by atoms with Crippen molar-refractivity contribution in [3.8, 4) is 11.1 Å². The van der Waals surface area contributed by atoms with E-state index in [2.05, 4.69) is 30.2 Å². The number of halogens is 2. The Kier molecular flexibility index (Phi) is 5.62. The molecule has 0 spiro atoms. The van der Waals surface area contributed by atoms with Crippen LogP contribution in [0, 0.1) is 0 Å². The highest BCUT2D eigenvalue weighted by molar-refractivity contribution is 6.00. The van der Waals surface area contributed by atoms with Gasteiger partial charge >= 0.3 is 0 Å². The Morgan fingerprint density at radius 3 is 2.68 bits per heavy atom. The monoisotopic (exact) mass is 467 g/mol. The lowest BCUT2D eigenvalue weighted by molar-refractivity contribution is 0.00791. The summed E-state index contributed by atoms with van der Waals surface area (Å²) in [5, 5.41) is 4.52. The Morgan fingerprint density at radius 1 is 1.06 bits per heavy atom. The average Bonchev–Trinajstić information content (AvgIpc) is 3.50. The molecule has 0 bridgehead atoms. The summed E-state index contributed by atoms with van der Waals surface area (Å²) >= 11 is 0. The predicted octanol–water partition coefficient (Wildman–Crippen LogP) is 4.27. The molecule has 1 aliphatic heterocycles. The summed E-state index contributed by atoms with van der Waals surface area (Å²) in [7, 11) is 0. The molecule has 0 amide bonds. The summed E-state index contributed by atoms with van der Waals surface area (Å²) < 4.78 is 33.8. The SMILES string of the molecule is FC(F)c1cnc2ccc(-c3c[nH]c4ncnc(NC5CCC(N6CCOCC6)CC5)c34)cn12. The molecule has 2 N–H and O–H groups in total. The first-order valence-corrected chi connectivity index (χ1v) is 11.8. The zero-order valence-electron chi connectivity index (χ0n) is 18.8. The summed E-state index contributed by atoms with van der Waals surface area (Å²) in [6.45, 7) is 3.71. The van der Waals surface area contributed by atoms with Gasteiger partial charge in [-0.2, -0.15) is 0 Å². The number of aromatic nitrogens is 5. The Morgan fingerprint density at radius 2 is 1.88 bits per heavy atom. The van der Waals surface area contributed by atoms with Crippen molar-refractivity contribution in [3.05, 3.63) is 42.7 Å². The summed E-state index contributed by atoms with van der Waals surface area (Å²) in [5.74, 6) is 0.774. The molecule has 2 fully saturated rings. The van der Waals surface area contributed by atoms with E-state index >= 15 is 0 Å². The summed E-state index contributed by atoms with van der Waals surface area (Å²) in [4.78, 5) is 18.8. The van der Waals surface area contributed by atoms with E-state index in [1.807, 2.05) is 12.3 Å². The van der Waals surface area contributed by atoms with Gasteiger partial charge in [0.05, 0.1) is 24.8 Å². The number of imidazole rings is 1. The fourth-order valence-corrected chi connectivity index (χ4v) is 5.34. The Balaban J connectivity index is 1.26. The second kappa shape index (κ2) is 8.92. The number of pyridine rings is 1. The van der Waals surface area contributed by atoms with Crippen LogP contribution in [0.15, 0.2) is 37.1 Å². The fraction of sp³-hybridized carbons (Fsp3) is 0.458. The van der Waals surface area contributed by atoms with Crippen molar-refractivity contribution in [2.45, 2.75) is 44.2 Å².